The van der Waals surface area contributed by atoms with Crippen molar-refractivity contribution >= 4 is 0 Å². The molecule has 1 nitrogen and oxygen atoms in total. The number of rotatable bonds is 7. The summed E-state index contributed by atoms with van der Waals surface area (Å²) < 4.78 is 0. The molecular formula is C19H39N. The van der Waals surface area contributed by atoms with Crippen LogP contribution in [-0.2, 0) is 0 Å². The van der Waals surface area contributed by atoms with E-state index in [9.17, 15) is 0 Å². The molecule has 1 aliphatic carbocycles. The lowest BCUT2D eigenvalue weighted by Gasteiger charge is -2.42. The standard InChI is InChI=1S/C19H39N/c1-7-12-20-14-17-10-11-18(19(4,5)6)13-16(17)9-8-15(2)3/h15-18,20H,7-14H2,1-6H3. The smallest absolute Gasteiger partial charge is 0.00179 e. The van der Waals surface area contributed by atoms with Crippen LogP contribution in [0.15, 0.2) is 0 Å². The Bertz CT molecular complexity index is 251. The van der Waals surface area contributed by atoms with Crippen molar-refractivity contribution in [1.82, 2.24) is 5.32 Å². The molecule has 0 aromatic carbocycles. The van der Waals surface area contributed by atoms with Crippen molar-refractivity contribution in [1.29, 1.82) is 0 Å². The molecule has 0 bridgehead atoms. The first-order chi connectivity index (χ1) is 9.34. The van der Waals surface area contributed by atoms with Crippen LogP contribution < -0.4 is 5.32 Å². The molecule has 0 amide bonds. The normalized spacial score (nSPS) is 28.1. The van der Waals surface area contributed by atoms with Gasteiger partial charge in [0.2, 0.25) is 0 Å². The van der Waals surface area contributed by atoms with Gasteiger partial charge in [0, 0.05) is 0 Å². The van der Waals surface area contributed by atoms with E-state index in [2.05, 4.69) is 46.9 Å². The molecule has 0 saturated heterocycles. The van der Waals surface area contributed by atoms with Crippen molar-refractivity contribution in [2.24, 2.45) is 29.1 Å². The van der Waals surface area contributed by atoms with E-state index in [1.165, 1.54) is 51.6 Å². The summed E-state index contributed by atoms with van der Waals surface area (Å²) in [6, 6.07) is 0. The quantitative estimate of drug-likeness (QED) is 0.607. The highest BCUT2D eigenvalue weighted by atomic mass is 14.9. The van der Waals surface area contributed by atoms with Crippen LogP contribution in [-0.4, -0.2) is 13.1 Å². The van der Waals surface area contributed by atoms with E-state index >= 15 is 0 Å². The van der Waals surface area contributed by atoms with E-state index < -0.39 is 0 Å². The third kappa shape index (κ3) is 6.16. The molecule has 120 valence electrons. The van der Waals surface area contributed by atoms with Crippen molar-refractivity contribution in [3.8, 4) is 0 Å². The first-order valence-electron chi connectivity index (χ1n) is 9.05. The highest BCUT2D eigenvalue weighted by Crippen LogP contribution is 2.44. The second-order valence-electron chi connectivity index (χ2n) is 8.57. The maximum absolute atomic E-state index is 3.68. The van der Waals surface area contributed by atoms with E-state index in [0.29, 0.717) is 5.41 Å². The van der Waals surface area contributed by atoms with Crippen LogP contribution in [0, 0.1) is 29.1 Å². The summed E-state index contributed by atoms with van der Waals surface area (Å²) in [6.45, 7) is 16.8. The largest absolute Gasteiger partial charge is 0.316 e. The Morgan fingerprint density at radius 3 is 2.35 bits per heavy atom. The van der Waals surface area contributed by atoms with Crippen molar-refractivity contribution in [2.45, 2.75) is 80.1 Å². The Kier molecular flexibility index (Phi) is 7.58. The molecule has 0 radical (unpaired) electrons. The highest BCUT2D eigenvalue weighted by molar-refractivity contribution is 4.86. The number of nitrogens with one attached hydrogen (secondary N) is 1. The summed E-state index contributed by atoms with van der Waals surface area (Å²) in [6.07, 6.45) is 8.47. The molecule has 0 heterocycles. The van der Waals surface area contributed by atoms with Crippen molar-refractivity contribution in [3.05, 3.63) is 0 Å². The van der Waals surface area contributed by atoms with Crippen molar-refractivity contribution in [2.75, 3.05) is 13.1 Å². The molecule has 1 saturated carbocycles. The van der Waals surface area contributed by atoms with Gasteiger partial charge in [0.1, 0.15) is 0 Å². The van der Waals surface area contributed by atoms with Crippen LogP contribution in [0.1, 0.15) is 80.1 Å². The third-order valence-electron chi connectivity index (χ3n) is 5.31. The van der Waals surface area contributed by atoms with Gasteiger partial charge in [0.05, 0.1) is 0 Å². The zero-order valence-corrected chi connectivity index (χ0v) is 15.0. The SMILES string of the molecule is CCCNCC1CCC(C(C)(C)C)CC1CCC(C)C. The Hall–Kier alpha value is -0.0400. The molecule has 0 aliphatic heterocycles. The van der Waals surface area contributed by atoms with Crippen molar-refractivity contribution < 1.29 is 0 Å². The van der Waals surface area contributed by atoms with Gasteiger partial charge < -0.3 is 5.32 Å². The van der Waals surface area contributed by atoms with E-state index in [4.69, 9.17) is 0 Å². The Morgan fingerprint density at radius 1 is 1.10 bits per heavy atom. The lowest BCUT2D eigenvalue weighted by Crippen LogP contribution is -2.37. The molecule has 0 aromatic rings. The van der Waals surface area contributed by atoms with Gasteiger partial charge in [-0.25, -0.2) is 0 Å². The second-order valence-corrected chi connectivity index (χ2v) is 8.57. The predicted octanol–water partition coefficient (Wildman–Crippen LogP) is 5.50. The number of hydrogen-bond acceptors (Lipinski definition) is 1. The second kappa shape index (κ2) is 8.41. The summed E-state index contributed by atoms with van der Waals surface area (Å²) in [5.41, 5.74) is 0.498. The predicted molar refractivity (Wildman–Crippen MR) is 91.0 cm³/mol. The molecule has 1 N–H and O–H groups in total. The van der Waals surface area contributed by atoms with Gasteiger partial charge in [-0.15, -0.1) is 0 Å². The lowest BCUT2D eigenvalue weighted by atomic mass is 9.64. The highest BCUT2D eigenvalue weighted by Gasteiger charge is 2.35. The molecule has 1 rings (SSSR count). The van der Waals surface area contributed by atoms with Crippen LogP contribution in [0.3, 0.4) is 0 Å². The fourth-order valence-electron chi connectivity index (χ4n) is 3.75. The van der Waals surface area contributed by atoms with E-state index in [-0.39, 0.29) is 0 Å². The zero-order chi connectivity index (χ0) is 15.2. The van der Waals surface area contributed by atoms with Gasteiger partial charge >= 0.3 is 0 Å². The minimum atomic E-state index is 0.498. The molecular weight excluding hydrogens is 242 g/mol. The molecule has 1 heteroatoms. The van der Waals surface area contributed by atoms with Crippen LogP contribution >= 0.6 is 0 Å². The van der Waals surface area contributed by atoms with E-state index in [1.54, 1.807) is 0 Å². The Balaban J connectivity index is 2.55. The van der Waals surface area contributed by atoms with Gasteiger partial charge in [0.15, 0.2) is 0 Å². The maximum Gasteiger partial charge on any atom is -0.00179 e. The molecule has 3 atom stereocenters. The van der Waals surface area contributed by atoms with Gasteiger partial charge in [-0.1, -0.05) is 48.0 Å². The topological polar surface area (TPSA) is 12.0 Å². The van der Waals surface area contributed by atoms with Gasteiger partial charge in [-0.3, -0.25) is 0 Å². The summed E-state index contributed by atoms with van der Waals surface area (Å²) in [4.78, 5) is 0. The first kappa shape index (κ1) is 18.0. The molecule has 20 heavy (non-hydrogen) atoms. The summed E-state index contributed by atoms with van der Waals surface area (Å²) in [5, 5.41) is 3.68. The zero-order valence-electron chi connectivity index (χ0n) is 15.0. The average Bonchev–Trinajstić information content (AvgIpc) is 2.36. The molecule has 3 unspecified atom stereocenters. The monoisotopic (exact) mass is 281 g/mol. The first-order valence-corrected chi connectivity index (χ1v) is 9.05. The third-order valence-corrected chi connectivity index (χ3v) is 5.31. The summed E-state index contributed by atoms with van der Waals surface area (Å²) in [5.74, 6) is 3.68. The fourth-order valence-corrected chi connectivity index (χ4v) is 3.75. The number of hydrogen-bond donors (Lipinski definition) is 1. The van der Waals surface area contributed by atoms with E-state index in [0.717, 1.165) is 23.7 Å². The van der Waals surface area contributed by atoms with Gasteiger partial charge in [-0.2, -0.15) is 0 Å². The van der Waals surface area contributed by atoms with Gasteiger partial charge in [0.25, 0.3) is 0 Å². The van der Waals surface area contributed by atoms with Crippen LogP contribution in [0.25, 0.3) is 0 Å². The minimum Gasteiger partial charge on any atom is -0.316 e. The summed E-state index contributed by atoms with van der Waals surface area (Å²) in [7, 11) is 0. The lowest BCUT2D eigenvalue weighted by molar-refractivity contribution is 0.0895. The van der Waals surface area contributed by atoms with Gasteiger partial charge in [-0.05, 0) is 74.3 Å². The molecule has 1 fully saturated rings. The average molecular weight is 282 g/mol. The Morgan fingerprint density at radius 2 is 1.80 bits per heavy atom. The molecule has 0 aromatic heterocycles. The molecule has 1 aliphatic rings. The van der Waals surface area contributed by atoms with Crippen molar-refractivity contribution in [3.63, 3.8) is 0 Å². The van der Waals surface area contributed by atoms with Crippen LogP contribution in [0.4, 0.5) is 0 Å². The Labute approximate surface area is 128 Å². The summed E-state index contributed by atoms with van der Waals surface area (Å²) >= 11 is 0. The fraction of sp³-hybridized carbons (Fsp3) is 1.00. The minimum absolute atomic E-state index is 0.498. The molecule has 0 spiro atoms. The van der Waals surface area contributed by atoms with Crippen LogP contribution in [0.2, 0.25) is 0 Å². The van der Waals surface area contributed by atoms with E-state index in [1.807, 2.05) is 0 Å². The van der Waals surface area contributed by atoms with Crippen LogP contribution in [0.5, 0.6) is 0 Å². The maximum atomic E-state index is 3.68.